The topological polar surface area (TPSA) is 96.2 Å². The summed E-state index contributed by atoms with van der Waals surface area (Å²) in [5.41, 5.74) is 1.42. The minimum Gasteiger partial charge on any atom is -0.493 e. The number of sulfone groups is 1. The Morgan fingerprint density at radius 3 is 2.39 bits per heavy atom. The molecule has 0 saturated heterocycles. The van der Waals surface area contributed by atoms with Crippen LogP contribution in [0.4, 0.5) is 0 Å². The molecule has 1 amide bonds. The Balaban J connectivity index is 1.96. The average molecular weight is 465 g/mol. The monoisotopic (exact) mass is 464 g/mol. The highest BCUT2D eigenvalue weighted by atomic mass is 32.2. The predicted octanol–water partition coefficient (Wildman–Crippen LogP) is 2.41. The first-order chi connectivity index (χ1) is 14.9. The van der Waals surface area contributed by atoms with Gasteiger partial charge in [-0.3, -0.25) is 4.79 Å². The number of thiazole rings is 1. The van der Waals surface area contributed by atoms with Crippen molar-refractivity contribution in [1.29, 1.82) is 0 Å². The summed E-state index contributed by atoms with van der Waals surface area (Å²) in [6.07, 6.45) is 0. The molecule has 8 nitrogen and oxygen atoms in total. The van der Waals surface area contributed by atoms with Gasteiger partial charge in [-0.2, -0.15) is 4.99 Å². The summed E-state index contributed by atoms with van der Waals surface area (Å²) >= 11 is 1.27. The Hall–Kier alpha value is -2.69. The largest absolute Gasteiger partial charge is 0.493 e. The molecule has 3 aromatic rings. The van der Waals surface area contributed by atoms with Gasteiger partial charge in [-0.05, 0) is 5.56 Å². The summed E-state index contributed by atoms with van der Waals surface area (Å²) in [7, 11) is 1.02. The first-order valence-corrected chi connectivity index (χ1v) is 12.1. The molecule has 0 aliphatic carbocycles. The molecule has 0 unspecified atom stereocenters. The summed E-state index contributed by atoms with van der Waals surface area (Å²) in [6.45, 7) is 0.836. The normalized spacial score (nSPS) is 12.3. The van der Waals surface area contributed by atoms with Gasteiger partial charge in [0.1, 0.15) is 5.75 Å². The number of amides is 1. The van der Waals surface area contributed by atoms with E-state index in [9.17, 15) is 13.2 Å². The molecule has 0 spiro atoms. The molecule has 0 aliphatic heterocycles. The summed E-state index contributed by atoms with van der Waals surface area (Å²) < 4.78 is 43.5. The first-order valence-electron chi connectivity index (χ1n) is 9.43. The van der Waals surface area contributed by atoms with Crippen molar-refractivity contribution in [2.75, 3.05) is 33.7 Å². The van der Waals surface area contributed by atoms with Crippen molar-refractivity contribution in [3.05, 3.63) is 52.8 Å². The maximum absolute atomic E-state index is 12.5. The van der Waals surface area contributed by atoms with E-state index in [-0.39, 0.29) is 5.75 Å². The summed E-state index contributed by atoms with van der Waals surface area (Å²) in [5.74, 6) is -0.486. The van der Waals surface area contributed by atoms with E-state index in [0.717, 1.165) is 10.2 Å². The summed E-state index contributed by atoms with van der Waals surface area (Å²) in [4.78, 5) is 17.0. The number of fused-ring (bicyclic) bond motifs is 1. The Morgan fingerprint density at radius 2 is 1.74 bits per heavy atom. The third-order valence-corrected chi connectivity index (χ3v) is 7.00. The molecule has 0 bridgehead atoms. The number of ether oxygens (including phenoxy) is 3. The third-order valence-electron chi connectivity index (χ3n) is 4.50. The van der Waals surface area contributed by atoms with Crippen LogP contribution in [-0.2, 0) is 31.7 Å². The number of aromatic nitrogens is 1. The number of carbonyl (C=O) groups excluding carboxylic acids is 1. The second-order valence-corrected chi connectivity index (χ2v) is 9.80. The van der Waals surface area contributed by atoms with E-state index in [2.05, 4.69) is 4.99 Å². The Labute approximate surface area is 184 Å². The fourth-order valence-electron chi connectivity index (χ4n) is 3.09. The van der Waals surface area contributed by atoms with E-state index in [1.165, 1.54) is 11.3 Å². The standard InChI is InChI=1S/C21H24N2O6S2/c1-27-10-9-23-16-11-17(28-2)18(29-3)12-19(16)30-21(23)22-20(24)14-31(25,26)13-15-7-5-4-6-8-15/h4-8,11-12H,9-10,13-14H2,1-3H3. The molecule has 31 heavy (non-hydrogen) atoms. The van der Waals surface area contributed by atoms with Crippen LogP contribution in [0.5, 0.6) is 11.5 Å². The fraction of sp³-hybridized carbons (Fsp3) is 0.333. The summed E-state index contributed by atoms with van der Waals surface area (Å²) in [6, 6.07) is 12.4. The molecule has 0 N–H and O–H groups in total. The second kappa shape index (κ2) is 10.1. The van der Waals surface area contributed by atoms with Crippen LogP contribution in [0.15, 0.2) is 47.5 Å². The Kier molecular flexibility index (Phi) is 7.47. The number of benzene rings is 2. The van der Waals surface area contributed by atoms with E-state index in [4.69, 9.17) is 14.2 Å². The number of rotatable bonds is 9. The van der Waals surface area contributed by atoms with Gasteiger partial charge in [0.05, 0.1) is 36.8 Å². The van der Waals surface area contributed by atoms with Crippen LogP contribution in [0, 0.1) is 0 Å². The lowest BCUT2D eigenvalue weighted by molar-refractivity contribution is -0.115. The summed E-state index contributed by atoms with van der Waals surface area (Å²) in [5, 5.41) is 0. The molecule has 1 heterocycles. The zero-order chi connectivity index (χ0) is 22.4. The van der Waals surface area contributed by atoms with Gasteiger partial charge in [-0.15, -0.1) is 0 Å². The van der Waals surface area contributed by atoms with Crippen LogP contribution in [0.25, 0.3) is 10.2 Å². The molecule has 0 saturated carbocycles. The van der Waals surface area contributed by atoms with E-state index in [1.54, 1.807) is 63.8 Å². The van der Waals surface area contributed by atoms with Crippen LogP contribution in [0.3, 0.4) is 0 Å². The average Bonchev–Trinajstić information content (AvgIpc) is 3.06. The number of nitrogens with zero attached hydrogens (tertiary/aromatic N) is 2. The van der Waals surface area contributed by atoms with E-state index in [0.29, 0.717) is 35.0 Å². The van der Waals surface area contributed by atoms with Crippen molar-refractivity contribution in [3.63, 3.8) is 0 Å². The molecule has 0 radical (unpaired) electrons. The van der Waals surface area contributed by atoms with Gasteiger partial charge in [-0.25, -0.2) is 8.42 Å². The number of hydrogen-bond donors (Lipinski definition) is 0. The molecule has 2 aromatic carbocycles. The van der Waals surface area contributed by atoms with Crippen molar-refractivity contribution in [1.82, 2.24) is 4.57 Å². The first kappa shape index (κ1) is 23.0. The smallest absolute Gasteiger partial charge is 0.263 e. The van der Waals surface area contributed by atoms with Gasteiger partial charge < -0.3 is 18.8 Å². The fourth-order valence-corrected chi connectivity index (χ4v) is 5.41. The molecule has 10 heteroatoms. The number of hydrogen-bond acceptors (Lipinski definition) is 7. The van der Waals surface area contributed by atoms with Crippen molar-refractivity contribution in [2.45, 2.75) is 12.3 Å². The van der Waals surface area contributed by atoms with Crippen LogP contribution >= 0.6 is 11.3 Å². The van der Waals surface area contributed by atoms with Crippen molar-refractivity contribution >= 4 is 37.3 Å². The zero-order valence-electron chi connectivity index (χ0n) is 17.5. The maximum atomic E-state index is 12.5. The van der Waals surface area contributed by atoms with Crippen molar-refractivity contribution in [3.8, 4) is 11.5 Å². The van der Waals surface area contributed by atoms with Crippen LogP contribution in [-0.4, -0.2) is 52.6 Å². The second-order valence-electron chi connectivity index (χ2n) is 6.73. The molecule has 3 rings (SSSR count). The van der Waals surface area contributed by atoms with E-state index < -0.39 is 21.5 Å². The minimum absolute atomic E-state index is 0.209. The van der Waals surface area contributed by atoms with Gasteiger partial charge in [0.25, 0.3) is 5.91 Å². The quantitative estimate of drug-likeness (QED) is 0.483. The van der Waals surface area contributed by atoms with Gasteiger partial charge in [0.15, 0.2) is 26.1 Å². The van der Waals surface area contributed by atoms with Gasteiger partial charge in [0.2, 0.25) is 0 Å². The lowest BCUT2D eigenvalue weighted by Crippen LogP contribution is -2.22. The molecule has 0 aliphatic rings. The highest BCUT2D eigenvalue weighted by Crippen LogP contribution is 2.33. The molecular formula is C21H24N2O6S2. The van der Waals surface area contributed by atoms with Crippen LogP contribution < -0.4 is 14.3 Å². The molecule has 0 fully saturated rings. The molecule has 0 atom stereocenters. The lowest BCUT2D eigenvalue weighted by Gasteiger charge is -2.09. The molecule has 1 aromatic heterocycles. The van der Waals surface area contributed by atoms with E-state index in [1.807, 2.05) is 4.57 Å². The van der Waals surface area contributed by atoms with Crippen molar-refractivity contribution < 1.29 is 27.4 Å². The number of carbonyl (C=O) groups is 1. The van der Waals surface area contributed by atoms with Crippen LogP contribution in [0.2, 0.25) is 0 Å². The molecular weight excluding hydrogens is 440 g/mol. The predicted molar refractivity (Wildman–Crippen MR) is 119 cm³/mol. The van der Waals surface area contributed by atoms with Crippen LogP contribution in [0.1, 0.15) is 5.56 Å². The minimum atomic E-state index is -3.65. The highest BCUT2D eigenvalue weighted by molar-refractivity contribution is 7.91. The number of methoxy groups -OCH3 is 3. The SMILES string of the molecule is COCCn1c(=NC(=O)CS(=O)(=O)Cc2ccccc2)sc2cc(OC)c(OC)cc21. The Bertz CT molecular complexity index is 1230. The third kappa shape index (κ3) is 5.72. The molecule has 166 valence electrons. The zero-order valence-corrected chi connectivity index (χ0v) is 19.2. The van der Waals surface area contributed by atoms with E-state index >= 15 is 0 Å². The van der Waals surface area contributed by atoms with Gasteiger partial charge in [0, 0.05) is 25.8 Å². The Morgan fingerprint density at radius 1 is 1.06 bits per heavy atom. The van der Waals surface area contributed by atoms with Gasteiger partial charge in [-0.1, -0.05) is 41.7 Å². The maximum Gasteiger partial charge on any atom is 0.263 e. The van der Waals surface area contributed by atoms with Gasteiger partial charge >= 0.3 is 0 Å². The lowest BCUT2D eigenvalue weighted by atomic mass is 10.2. The van der Waals surface area contributed by atoms with Crippen molar-refractivity contribution in [2.24, 2.45) is 4.99 Å². The highest BCUT2D eigenvalue weighted by Gasteiger charge is 2.18.